The Morgan fingerprint density at radius 3 is 2.07 bits per heavy atom. The summed E-state index contributed by atoms with van der Waals surface area (Å²) >= 11 is 0. The van der Waals surface area contributed by atoms with Crippen LogP contribution in [-0.2, 0) is 23.9 Å². The zero-order chi connectivity index (χ0) is 31.2. The maximum atomic E-state index is 13.3. The van der Waals surface area contributed by atoms with Gasteiger partial charge in [0.25, 0.3) is 0 Å². The molecule has 8 heteroatoms. The number of unbranched alkanes of at least 4 members (excludes halogenated alkanes) is 9. The van der Waals surface area contributed by atoms with Gasteiger partial charge in [0.2, 0.25) is 11.8 Å². The molecule has 5 atom stereocenters. The molecule has 244 valence electrons. The molecule has 1 saturated heterocycles. The number of amides is 2. The minimum absolute atomic E-state index is 0.0121. The van der Waals surface area contributed by atoms with Crippen LogP contribution in [0.2, 0.25) is 0 Å². The second-order valence-corrected chi connectivity index (χ2v) is 14.0. The molecule has 2 aliphatic rings. The molecule has 1 aliphatic heterocycles. The SMILES string of the molecule is CCCCCCCCCCCCC(CC)C(=O)N[C@H]1CCCC[C@H]1C(CNC(=O)C1OC(C)(C)OCC1(C)C)C(=O)O. The van der Waals surface area contributed by atoms with Gasteiger partial charge >= 0.3 is 5.97 Å². The first-order valence-corrected chi connectivity index (χ1v) is 17.0. The number of carboxylic acids is 1. The summed E-state index contributed by atoms with van der Waals surface area (Å²) in [7, 11) is 0. The van der Waals surface area contributed by atoms with E-state index in [9.17, 15) is 19.5 Å². The Labute approximate surface area is 255 Å². The lowest BCUT2D eigenvalue weighted by atomic mass is 9.75. The minimum Gasteiger partial charge on any atom is -0.481 e. The monoisotopic (exact) mass is 594 g/mol. The fourth-order valence-corrected chi connectivity index (χ4v) is 6.57. The van der Waals surface area contributed by atoms with Crippen molar-refractivity contribution in [2.75, 3.05) is 13.2 Å². The topological polar surface area (TPSA) is 114 Å². The molecule has 3 N–H and O–H groups in total. The molecule has 0 aromatic carbocycles. The number of hydrogen-bond donors (Lipinski definition) is 3. The predicted octanol–water partition coefficient (Wildman–Crippen LogP) is 6.99. The van der Waals surface area contributed by atoms with Gasteiger partial charge in [-0.3, -0.25) is 14.4 Å². The molecule has 1 saturated carbocycles. The highest BCUT2D eigenvalue weighted by Gasteiger charge is 2.46. The van der Waals surface area contributed by atoms with Gasteiger partial charge in [0, 0.05) is 23.9 Å². The first kappa shape index (κ1) is 36.5. The van der Waals surface area contributed by atoms with Crippen molar-refractivity contribution in [1.82, 2.24) is 10.6 Å². The van der Waals surface area contributed by atoms with Crippen LogP contribution >= 0.6 is 0 Å². The third kappa shape index (κ3) is 12.1. The first-order valence-electron chi connectivity index (χ1n) is 17.0. The molecule has 0 bridgehead atoms. The molecule has 0 aromatic rings. The molecule has 2 amide bonds. The van der Waals surface area contributed by atoms with Crippen LogP contribution in [0.3, 0.4) is 0 Å². The number of carboxylic acid groups (broad SMARTS) is 1. The van der Waals surface area contributed by atoms with E-state index in [1.807, 2.05) is 13.8 Å². The Hall–Kier alpha value is -1.67. The molecular weight excluding hydrogens is 532 g/mol. The van der Waals surface area contributed by atoms with E-state index in [-0.39, 0.29) is 36.2 Å². The molecule has 1 heterocycles. The lowest BCUT2D eigenvalue weighted by Gasteiger charge is -2.45. The Balaban J connectivity index is 1.87. The lowest BCUT2D eigenvalue weighted by Crippen LogP contribution is -2.57. The second-order valence-electron chi connectivity index (χ2n) is 14.0. The maximum absolute atomic E-state index is 13.3. The molecule has 0 radical (unpaired) electrons. The normalized spacial score (nSPS) is 24.9. The molecule has 0 aromatic heterocycles. The summed E-state index contributed by atoms with van der Waals surface area (Å²) in [6, 6.07) is -0.194. The van der Waals surface area contributed by atoms with Gasteiger partial charge in [-0.25, -0.2) is 0 Å². The van der Waals surface area contributed by atoms with Crippen molar-refractivity contribution in [1.29, 1.82) is 0 Å². The zero-order valence-electron chi connectivity index (χ0n) is 27.6. The van der Waals surface area contributed by atoms with Gasteiger partial charge in [-0.2, -0.15) is 0 Å². The van der Waals surface area contributed by atoms with Gasteiger partial charge in [0.05, 0.1) is 12.5 Å². The fraction of sp³-hybridized carbons (Fsp3) is 0.912. The van der Waals surface area contributed by atoms with Crippen LogP contribution in [0.15, 0.2) is 0 Å². The highest BCUT2D eigenvalue weighted by Crippen LogP contribution is 2.35. The minimum atomic E-state index is -0.939. The molecule has 3 unspecified atom stereocenters. The summed E-state index contributed by atoms with van der Waals surface area (Å²) in [4.78, 5) is 38.9. The van der Waals surface area contributed by atoms with Crippen LogP contribution in [0.1, 0.15) is 144 Å². The summed E-state index contributed by atoms with van der Waals surface area (Å²) in [5, 5.41) is 16.3. The standard InChI is InChI=1S/C34H62N2O6/c1-7-9-10-11-12-13-14-15-16-17-20-25(8-2)30(37)36-28-22-19-18-21-26(28)27(32(39)40)23-35-31(38)29-33(3,4)24-41-34(5,6)42-29/h25-29H,7-24H2,1-6H3,(H,35,38)(H,36,37)(H,39,40)/t25?,26-,27?,28-,29?/m0/s1. The fourth-order valence-electron chi connectivity index (χ4n) is 6.57. The summed E-state index contributed by atoms with van der Waals surface area (Å²) < 4.78 is 11.7. The largest absolute Gasteiger partial charge is 0.481 e. The van der Waals surface area contributed by atoms with E-state index in [1.54, 1.807) is 13.8 Å². The summed E-state index contributed by atoms with van der Waals surface area (Å²) in [5.74, 6) is -3.13. The van der Waals surface area contributed by atoms with Crippen molar-refractivity contribution in [3.8, 4) is 0 Å². The Bertz CT molecular complexity index is 829. The van der Waals surface area contributed by atoms with Gasteiger partial charge in [0.15, 0.2) is 5.79 Å². The van der Waals surface area contributed by atoms with Crippen molar-refractivity contribution in [2.24, 2.45) is 23.2 Å². The summed E-state index contributed by atoms with van der Waals surface area (Å²) in [6.45, 7) is 12.1. The van der Waals surface area contributed by atoms with Crippen LogP contribution in [0, 0.1) is 23.2 Å². The number of rotatable bonds is 19. The smallest absolute Gasteiger partial charge is 0.308 e. The molecule has 0 spiro atoms. The molecule has 1 aliphatic carbocycles. The zero-order valence-corrected chi connectivity index (χ0v) is 27.6. The summed E-state index contributed by atoms with van der Waals surface area (Å²) in [5.41, 5.74) is -0.539. The van der Waals surface area contributed by atoms with E-state index >= 15 is 0 Å². The highest BCUT2D eigenvalue weighted by molar-refractivity contribution is 5.82. The number of aliphatic carboxylic acids is 1. The Morgan fingerprint density at radius 2 is 1.48 bits per heavy atom. The Morgan fingerprint density at radius 1 is 0.881 bits per heavy atom. The predicted molar refractivity (Wildman–Crippen MR) is 167 cm³/mol. The van der Waals surface area contributed by atoms with E-state index in [1.165, 1.54) is 51.4 Å². The second kappa shape index (κ2) is 18.2. The summed E-state index contributed by atoms with van der Waals surface area (Å²) in [6.07, 6.45) is 17.0. The molecule has 8 nitrogen and oxygen atoms in total. The van der Waals surface area contributed by atoms with Crippen molar-refractivity contribution in [3.63, 3.8) is 0 Å². The van der Waals surface area contributed by atoms with Crippen molar-refractivity contribution in [3.05, 3.63) is 0 Å². The average Bonchev–Trinajstić information content (AvgIpc) is 2.94. The molecule has 2 fully saturated rings. The van der Waals surface area contributed by atoms with E-state index < -0.39 is 29.2 Å². The van der Waals surface area contributed by atoms with Gasteiger partial charge in [-0.05, 0) is 45.4 Å². The number of hydrogen-bond acceptors (Lipinski definition) is 5. The first-order chi connectivity index (χ1) is 19.9. The van der Waals surface area contributed by atoms with Gasteiger partial charge < -0.3 is 25.2 Å². The van der Waals surface area contributed by atoms with Gasteiger partial charge in [0.1, 0.15) is 6.10 Å². The van der Waals surface area contributed by atoms with Gasteiger partial charge in [-0.1, -0.05) is 105 Å². The van der Waals surface area contributed by atoms with Crippen molar-refractivity contribution >= 4 is 17.8 Å². The third-order valence-corrected chi connectivity index (χ3v) is 9.39. The van der Waals surface area contributed by atoms with E-state index in [2.05, 4.69) is 24.5 Å². The molecular formula is C34H62N2O6. The lowest BCUT2D eigenvalue weighted by molar-refractivity contribution is -0.304. The van der Waals surface area contributed by atoms with E-state index in [4.69, 9.17) is 9.47 Å². The number of carbonyl (C=O) groups excluding carboxylic acids is 2. The van der Waals surface area contributed by atoms with Crippen LogP contribution in [0.25, 0.3) is 0 Å². The van der Waals surface area contributed by atoms with Gasteiger partial charge in [-0.15, -0.1) is 0 Å². The molecule has 42 heavy (non-hydrogen) atoms. The number of carbonyl (C=O) groups is 3. The van der Waals surface area contributed by atoms with Crippen LogP contribution in [0.5, 0.6) is 0 Å². The van der Waals surface area contributed by atoms with E-state index in [0.29, 0.717) is 6.61 Å². The van der Waals surface area contributed by atoms with Crippen molar-refractivity contribution < 1.29 is 29.0 Å². The quantitative estimate of drug-likeness (QED) is 0.139. The average molecular weight is 595 g/mol. The third-order valence-electron chi connectivity index (χ3n) is 9.39. The van der Waals surface area contributed by atoms with Crippen LogP contribution in [0.4, 0.5) is 0 Å². The van der Waals surface area contributed by atoms with E-state index in [0.717, 1.165) is 51.4 Å². The Kier molecular flexibility index (Phi) is 15.8. The maximum Gasteiger partial charge on any atom is 0.308 e. The highest BCUT2D eigenvalue weighted by atomic mass is 16.7. The van der Waals surface area contributed by atoms with Crippen LogP contribution < -0.4 is 10.6 Å². The van der Waals surface area contributed by atoms with Crippen molar-refractivity contribution in [2.45, 2.75) is 162 Å². The molecule has 2 rings (SSSR count). The number of ether oxygens (including phenoxy) is 2. The number of nitrogens with one attached hydrogen (secondary N) is 2. The van der Waals surface area contributed by atoms with Crippen LogP contribution in [-0.4, -0.2) is 54.0 Å².